The zero-order chi connectivity index (χ0) is 16.4. The molecule has 118 valence electrons. The molecule has 0 atom stereocenters. The van der Waals surface area contributed by atoms with Crippen molar-refractivity contribution in [3.63, 3.8) is 0 Å². The summed E-state index contributed by atoms with van der Waals surface area (Å²) in [6, 6.07) is 4.84. The highest BCUT2D eigenvalue weighted by molar-refractivity contribution is 7.89. The third-order valence-corrected chi connectivity index (χ3v) is 3.71. The number of halogens is 3. The number of hydrazone groups is 1. The van der Waals surface area contributed by atoms with E-state index >= 15 is 0 Å². The highest BCUT2D eigenvalue weighted by atomic mass is 32.2. The molecule has 0 saturated carbocycles. The molecule has 2 aromatic rings. The van der Waals surface area contributed by atoms with Crippen molar-refractivity contribution in [1.82, 2.24) is 9.99 Å². The van der Waals surface area contributed by atoms with Gasteiger partial charge in [-0.1, -0.05) is 11.2 Å². The van der Waals surface area contributed by atoms with Gasteiger partial charge in [0, 0.05) is 6.07 Å². The van der Waals surface area contributed by atoms with E-state index in [-0.39, 0.29) is 5.69 Å². The monoisotopic (exact) mass is 333 g/mol. The third kappa shape index (κ3) is 3.85. The van der Waals surface area contributed by atoms with Gasteiger partial charge >= 0.3 is 6.18 Å². The Morgan fingerprint density at radius 3 is 2.64 bits per heavy atom. The first kappa shape index (κ1) is 16.0. The van der Waals surface area contributed by atoms with E-state index in [0.29, 0.717) is 11.8 Å². The molecule has 0 saturated heterocycles. The maximum atomic E-state index is 12.6. The lowest BCUT2D eigenvalue weighted by Gasteiger charge is -2.08. The molecule has 10 heteroatoms. The van der Waals surface area contributed by atoms with Crippen molar-refractivity contribution in [3.8, 4) is 0 Å². The average molecular weight is 333 g/mol. The first-order valence-corrected chi connectivity index (χ1v) is 7.32. The summed E-state index contributed by atoms with van der Waals surface area (Å²) in [7, 11) is -4.21. The lowest BCUT2D eigenvalue weighted by molar-refractivity contribution is -0.137. The van der Waals surface area contributed by atoms with E-state index in [1.54, 1.807) is 11.8 Å². The van der Waals surface area contributed by atoms with Crippen LogP contribution in [0.1, 0.15) is 17.0 Å². The van der Waals surface area contributed by atoms with Gasteiger partial charge in [-0.25, -0.2) is 4.83 Å². The minimum atomic E-state index is -4.63. The van der Waals surface area contributed by atoms with Crippen LogP contribution in [-0.2, 0) is 16.2 Å². The zero-order valence-corrected chi connectivity index (χ0v) is 11.9. The fourth-order valence-corrected chi connectivity index (χ4v) is 2.34. The van der Waals surface area contributed by atoms with Crippen molar-refractivity contribution in [3.05, 3.63) is 47.3 Å². The molecule has 6 nitrogen and oxygen atoms in total. The molecule has 1 aromatic carbocycles. The van der Waals surface area contributed by atoms with Crippen molar-refractivity contribution in [2.75, 3.05) is 0 Å². The van der Waals surface area contributed by atoms with Crippen molar-refractivity contribution >= 4 is 16.2 Å². The summed E-state index contributed by atoms with van der Waals surface area (Å²) in [6.45, 7) is 1.64. The van der Waals surface area contributed by atoms with Crippen LogP contribution in [0.4, 0.5) is 13.2 Å². The van der Waals surface area contributed by atoms with Crippen LogP contribution < -0.4 is 4.83 Å². The van der Waals surface area contributed by atoms with Gasteiger partial charge in [-0.15, -0.1) is 0 Å². The van der Waals surface area contributed by atoms with Crippen LogP contribution in [0.25, 0.3) is 0 Å². The predicted molar refractivity (Wildman–Crippen MR) is 70.6 cm³/mol. The summed E-state index contributed by atoms with van der Waals surface area (Å²) in [5.41, 5.74) is -0.796. The maximum Gasteiger partial charge on any atom is 0.416 e. The molecule has 1 N–H and O–H groups in total. The minimum absolute atomic E-state index is 0.268. The molecular weight excluding hydrogens is 323 g/mol. The van der Waals surface area contributed by atoms with Crippen LogP contribution >= 0.6 is 0 Å². The first-order chi connectivity index (χ1) is 10.2. The van der Waals surface area contributed by atoms with Gasteiger partial charge in [-0.05, 0) is 25.1 Å². The molecule has 0 unspecified atom stereocenters. The van der Waals surface area contributed by atoms with Crippen LogP contribution in [0.15, 0.2) is 44.9 Å². The highest BCUT2D eigenvalue weighted by Crippen LogP contribution is 2.30. The van der Waals surface area contributed by atoms with E-state index in [9.17, 15) is 21.6 Å². The molecule has 22 heavy (non-hydrogen) atoms. The van der Waals surface area contributed by atoms with E-state index in [0.717, 1.165) is 24.4 Å². The summed E-state index contributed by atoms with van der Waals surface area (Å²) in [5.74, 6) is 0.502. The normalized spacial score (nSPS) is 12.7. The zero-order valence-electron chi connectivity index (χ0n) is 11.1. The van der Waals surface area contributed by atoms with E-state index in [1.807, 2.05) is 0 Å². The largest absolute Gasteiger partial charge is 0.416 e. The molecule has 0 aliphatic carbocycles. The molecule has 1 aromatic heterocycles. The average Bonchev–Trinajstić information content (AvgIpc) is 2.83. The van der Waals surface area contributed by atoms with Crippen LogP contribution in [0.2, 0.25) is 0 Å². The topological polar surface area (TPSA) is 84.6 Å². The van der Waals surface area contributed by atoms with Crippen molar-refractivity contribution in [2.45, 2.75) is 18.0 Å². The summed E-state index contributed by atoms with van der Waals surface area (Å²) < 4.78 is 66.2. The number of sulfonamides is 1. The summed E-state index contributed by atoms with van der Waals surface area (Å²) in [6.07, 6.45) is -3.56. The Morgan fingerprint density at radius 2 is 2.05 bits per heavy atom. The van der Waals surface area contributed by atoms with Crippen LogP contribution in [0.3, 0.4) is 0 Å². The lowest BCUT2D eigenvalue weighted by atomic mass is 10.2. The van der Waals surface area contributed by atoms with Gasteiger partial charge in [0.05, 0.1) is 16.7 Å². The Labute approximate surface area is 123 Å². The Balaban J connectivity index is 2.18. The van der Waals surface area contributed by atoms with Crippen LogP contribution in [0.5, 0.6) is 0 Å². The summed E-state index contributed by atoms with van der Waals surface area (Å²) >= 11 is 0. The molecule has 0 fully saturated rings. The number of nitrogens with one attached hydrogen (secondary N) is 1. The SMILES string of the molecule is Cc1cc(/C=N/NS(=O)(=O)c2cccc(C(F)(F)F)c2)no1. The fraction of sp³-hybridized carbons (Fsp3) is 0.167. The maximum absolute atomic E-state index is 12.6. The van der Waals surface area contributed by atoms with Gasteiger partial charge in [0.25, 0.3) is 10.0 Å². The van der Waals surface area contributed by atoms with E-state index in [4.69, 9.17) is 4.52 Å². The second-order valence-corrected chi connectivity index (χ2v) is 5.90. The Hall–Kier alpha value is -2.36. The molecule has 1 heterocycles. The number of aromatic nitrogens is 1. The van der Waals surface area contributed by atoms with E-state index < -0.39 is 26.7 Å². The molecule has 2 rings (SSSR count). The second kappa shape index (κ2) is 5.79. The van der Waals surface area contributed by atoms with Crippen molar-refractivity contribution < 1.29 is 26.1 Å². The van der Waals surface area contributed by atoms with Gasteiger partial charge < -0.3 is 4.52 Å². The number of hydrogen-bond acceptors (Lipinski definition) is 5. The fourth-order valence-electron chi connectivity index (χ4n) is 1.50. The van der Waals surface area contributed by atoms with E-state index in [2.05, 4.69) is 10.3 Å². The van der Waals surface area contributed by atoms with Gasteiger partial charge in [0.15, 0.2) is 0 Å². The molecule has 0 amide bonds. The number of aryl methyl sites for hydroxylation is 1. The number of nitrogens with zero attached hydrogens (tertiary/aromatic N) is 2. The Bertz CT molecular complexity index is 797. The van der Waals surface area contributed by atoms with Gasteiger partial charge in [-0.3, -0.25) is 0 Å². The summed E-state index contributed by atoms with van der Waals surface area (Å²) in [5, 5.41) is 6.97. The number of rotatable bonds is 4. The van der Waals surface area contributed by atoms with Gasteiger partial charge in [0.1, 0.15) is 11.5 Å². The highest BCUT2D eigenvalue weighted by Gasteiger charge is 2.31. The number of hydrogen-bond donors (Lipinski definition) is 1. The smallest absolute Gasteiger partial charge is 0.361 e. The molecule has 0 radical (unpaired) electrons. The number of alkyl halides is 3. The molecule has 0 spiro atoms. The molecular formula is C12H10F3N3O3S. The van der Waals surface area contributed by atoms with Crippen LogP contribution in [0, 0.1) is 6.92 Å². The quantitative estimate of drug-likeness (QED) is 0.687. The Kier molecular flexibility index (Phi) is 4.22. The van der Waals surface area contributed by atoms with Crippen LogP contribution in [-0.4, -0.2) is 19.8 Å². The van der Waals surface area contributed by atoms with Gasteiger partial charge in [-0.2, -0.15) is 26.7 Å². The molecule has 0 aliphatic heterocycles. The first-order valence-electron chi connectivity index (χ1n) is 5.84. The van der Waals surface area contributed by atoms with Gasteiger partial charge in [0.2, 0.25) is 0 Å². The predicted octanol–water partition coefficient (Wildman–Crippen LogP) is 2.31. The van der Waals surface area contributed by atoms with Crippen molar-refractivity contribution in [1.29, 1.82) is 0 Å². The third-order valence-electron chi connectivity index (χ3n) is 2.49. The molecule has 0 aliphatic rings. The second-order valence-electron chi connectivity index (χ2n) is 4.24. The Morgan fingerprint density at radius 1 is 1.32 bits per heavy atom. The number of benzene rings is 1. The molecule has 0 bridgehead atoms. The standard InChI is InChI=1S/C12H10F3N3O3S/c1-8-5-10(17-21-8)7-16-18-22(19,20)11-4-2-3-9(6-11)12(13,14)15/h2-7,18H,1H3/b16-7+. The minimum Gasteiger partial charge on any atom is -0.361 e. The summed E-state index contributed by atoms with van der Waals surface area (Å²) in [4.78, 5) is 1.26. The van der Waals surface area contributed by atoms with E-state index in [1.165, 1.54) is 6.07 Å². The lowest BCUT2D eigenvalue weighted by Crippen LogP contribution is -2.19. The van der Waals surface area contributed by atoms with Crippen molar-refractivity contribution in [2.24, 2.45) is 5.10 Å².